The highest BCUT2D eigenvalue weighted by molar-refractivity contribution is 5.98. The minimum atomic E-state index is -0.252. The number of para-hydroxylation sites is 2. The van der Waals surface area contributed by atoms with Crippen LogP contribution < -0.4 is 15.0 Å². The molecular formula is C21H24N4O3. The molecule has 0 saturated carbocycles. The number of nitrogens with zero attached hydrogens (tertiary/aromatic N) is 3. The number of ether oxygens (including phenoxy) is 1. The molecule has 1 saturated heterocycles. The molecule has 0 bridgehead atoms. The van der Waals surface area contributed by atoms with Crippen molar-refractivity contribution in [3.05, 3.63) is 66.5 Å². The van der Waals surface area contributed by atoms with Crippen LogP contribution in [0.25, 0.3) is 0 Å². The minimum Gasteiger partial charge on any atom is -0.495 e. The fraction of sp³-hybridized carbons (Fsp3) is 0.286. The van der Waals surface area contributed by atoms with Gasteiger partial charge in [-0.25, -0.2) is 0 Å². The maximum atomic E-state index is 12.8. The van der Waals surface area contributed by atoms with E-state index < -0.39 is 0 Å². The van der Waals surface area contributed by atoms with Crippen molar-refractivity contribution < 1.29 is 14.3 Å². The van der Waals surface area contributed by atoms with Crippen molar-refractivity contribution in [2.45, 2.75) is 0 Å². The fourth-order valence-corrected chi connectivity index (χ4v) is 3.16. The van der Waals surface area contributed by atoms with E-state index in [-0.39, 0.29) is 17.5 Å². The van der Waals surface area contributed by atoms with Crippen LogP contribution in [0.5, 0.6) is 5.75 Å². The number of hydrogen-bond acceptors (Lipinski definition) is 5. The van der Waals surface area contributed by atoms with E-state index in [9.17, 15) is 9.59 Å². The summed E-state index contributed by atoms with van der Waals surface area (Å²) in [4.78, 5) is 33.0. The van der Waals surface area contributed by atoms with Gasteiger partial charge in [-0.15, -0.1) is 6.58 Å². The van der Waals surface area contributed by atoms with Crippen LogP contribution in [-0.2, 0) is 0 Å². The lowest BCUT2D eigenvalue weighted by Gasteiger charge is -2.36. The average Bonchev–Trinajstić information content (AvgIpc) is 2.77. The lowest BCUT2D eigenvalue weighted by atomic mass is 10.2. The highest BCUT2D eigenvalue weighted by Gasteiger charge is 2.24. The Balaban J connectivity index is 1.65. The molecule has 1 aromatic carbocycles. The van der Waals surface area contributed by atoms with E-state index in [2.05, 4.69) is 21.8 Å². The smallest absolute Gasteiger partial charge is 0.272 e. The maximum absolute atomic E-state index is 12.8. The average molecular weight is 380 g/mol. The highest BCUT2D eigenvalue weighted by Crippen LogP contribution is 2.28. The molecule has 7 heteroatoms. The Hall–Kier alpha value is -3.35. The Labute approximate surface area is 164 Å². The molecule has 2 heterocycles. The van der Waals surface area contributed by atoms with Gasteiger partial charge in [0, 0.05) is 44.5 Å². The van der Waals surface area contributed by atoms with E-state index in [0.29, 0.717) is 38.3 Å². The third-order valence-electron chi connectivity index (χ3n) is 4.64. The number of rotatable bonds is 6. The molecular weight excluding hydrogens is 356 g/mol. The first kappa shape index (κ1) is 19.4. The Morgan fingerprint density at radius 2 is 1.96 bits per heavy atom. The minimum absolute atomic E-state index is 0.168. The third-order valence-corrected chi connectivity index (χ3v) is 4.64. The molecule has 0 aliphatic carbocycles. The first-order valence-corrected chi connectivity index (χ1v) is 9.16. The number of pyridine rings is 1. The van der Waals surface area contributed by atoms with E-state index in [1.807, 2.05) is 24.3 Å². The van der Waals surface area contributed by atoms with Gasteiger partial charge in [-0.05, 0) is 24.3 Å². The van der Waals surface area contributed by atoms with Crippen LogP contribution in [0.2, 0.25) is 0 Å². The van der Waals surface area contributed by atoms with Gasteiger partial charge in [-0.1, -0.05) is 18.2 Å². The summed E-state index contributed by atoms with van der Waals surface area (Å²) < 4.78 is 5.43. The Morgan fingerprint density at radius 1 is 1.21 bits per heavy atom. The standard InChI is InChI=1S/C21H24N4O3/c1-3-9-23-20(26)16-8-10-22-17(15-16)21(27)25-13-11-24(12-14-25)18-6-4-5-7-19(18)28-2/h3-8,10,15H,1,9,11-14H2,2H3,(H,23,26). The number of piperazine rings is 1. The van der Waals surface area contributed by atoms with E-state index in [4.69, 9.17) is 4.74 Å². The maximum Gasteiger partial charge on any atom is 0.272 e. The molecule has 1 aliphatic rings. The molecule has 28 heavy (non-hydrogen) atoms. The Bertz CT molecular complexity index is 860. The molecule has 146 valence electrons. The van der Waals surface area contributed by atoms with Gasteiger partial charge in [0.25, 0.3) is 11.8 Å². The van der Waals surface area contributed by atoms with Gasteiger partial charge in [-0.3, -0.25) is 14.6 Å². The lowest BCUT2D eigenvalue weighted by molar-refractivity contribution is 0.0740. The van der Waals surface area contributed by atoms with Crippen molar-refractivity contribution in [3.63, 3.8) is 0 Å². The number of benzene rings is 1. The summed E-state index contributed by atoms with van der Waals surface area (Å²) in [5.74, 6) is 0.401. The first-order chi connectivity index (χ1) is 13.6. The summed E-state index contributed by atoms with van der Waals surface area (Å²) in [6.07, 6.45) is 3.09. The van der Waals surface area contributed by atoms with Crippen LogP contribution in [0.1, 0.15) is 20.8 Å². The van der Waals surface area contributed by atoms with Crippen molar-refractivity contribution in [2.24, 2.45) is 0 Å². The van der Waals surface area contributed by atoms with Crippen LogP contribution in [0.4, 0.5) is 5.69 Å². The third kappa shape index (κ3) is 4.31. The van der Waals surface area contributed by atoms with Gasteiger partial charge in [0.05, 0.1) is 12.8 Å². The number of hydrogen-bond donors (Lipinski definition) is 1. The molecule has 0 spiro atoms. The molecule has 1 N–H and O–H groups in total. The van der Waals surface area contributed by atoms with Gasteiger partial charge in [0.15, 0.2) is 0 Å². The first-order valence-electron chi connectivity index (χ1n) is 9.16. The van der Waals surface area contributed by atoms with E-state index in [1.54, 1.807) is 24.2 Å². The number of amides is 2. The summed E-state index contributed by atoms with van der Waals surface area (Å²) in [7, 11) is 1.66. The monoisotopic (exact) mass is 380 g/mol. The second-order valence-corrected chi connectivity index (χ2v) is 6.38. The quantitative estimate of drug-likeness (QED) is 0.776. The molecule has 2 amide bonds. The molecule has 1 fully saturated rings. The summed E-state index contributed by atoms with van der Waals surface area (Å²) in [5.41, 5.74) is 1.71. The number of anilines is 1. The van der Waals surface area contributed by atoms with E-state index in [0.717, 1.165) is 11.4 Å². The lowest BCUT2D eigenvalue weighted by Crippen LogP contribution is -2.49. The summed E-state index contributed by atoms with van der Waals surface area (Å²) >= 11 is 0. The molecule has 2 aromatic rings. The SMILES string of the molecule is C=CCNC(=O)c1ccnc(C(=O)N2CCN(c3ccccc3OC)CC2)c1. The second-order valence-electron chi connectivity index (χ2n) is 6.38. The van der Waals surface area contributed by atoms with Gasteiger partial charge < -0.3 is 19.9 Å². The van der Waals surface area contributed by atoms with Gasteiger partial charge in [0.1, 0.15) is 11.4 Å². The number of methoxy groups -OCH3 is 1. The molecule has 0 radical (unpaired) electrons. The zero-order valence-corrected chi connectivity index (χ0v) is 15.9. The van der Waals surface area contributed by atoms with Gasteiger partial charge >= 0.3 is 0 Å². The number of carbonyl (C=O) groups excluding carboxylic acids is 2. The van der Waals surface area contributed by atoms with Gasteiger partial charge in [-0.2, -0.15) is 0 Å². The molecule has 0 atom stereocenters. The number of nitrogens with one attached hydrogen (secondary N) is 1. The summed E-state index contributed by atoms with van der Waals surface area (Å²) in [6.45, 7) is 6.49. The fourth-order valence-electron chi connectivity index (χ4n) is 3.16. The molecule has 0 unspecified atom stereocenters. The second kappa shape index (κ2) is 9.03. The van der Waals surface area contributed by atoms with Crippen LogP contribution in [0, 0.1) is 0 Å². The predicted molar refractivity (Wildman–Crippen MR) is 108 cm³/mol. The Morgan fingerprint density at radius 3 is 2.68 bits per heavy atom. The molecule has 3 rings (SSSR count). The molecule has 1 aromatic heterocycles. The van der Waals surface area contributed by atoms with Crippen LogP contribution in [-0.4, -0.2) is 61.5 Å². The summed E-state index contributed by atoms with van der Waals surface area (Å²) in [6, 6.07) is 11.0. The van der Waals surface area contributed by atoms with Crippen molar-refractivity contribution in [2.75, 3.05) is 44.7 Å². The summed E-state index contributed by atoms with van der Waals surface area (Å²) in [5, 5.41) is 2.70. The van der Waals surface area contributed by atoms with E-state index >= 15 is 0 Å². The normalized spacial score (nSPS) is 13.8. The van der Waals surface area contributed by atoms with E-state index in [1.165, 1.54) is 12.3 Å². The van der Waals surface area contributed by atoms with Crippen LogP contribution in [0.3, 0.4) is 0 Å². The largest absolute Gasteiger partial charge is 0.495 e. The highest BCUT2D eigenvalue weighted by atomic mass is 16.5. The number of carbonyl (C=O) groups is 2. The van der Waals surface area contributed by atoms with Crippen molar-refractivity contribution in [1.82, 2.24) is 15.2 Å². The molecule has 7 nitrogen and oxygen atoms in total. The van der Waals surface area contributed by atoms with Gasteiger partial charge in [0.2, 0.25) is 0 Å². The van der Waals surface area contributed by atoms with Crippen molar-refractivity contribution in [1.29, 1.82) is 0 Å². The zero-order valence-electron chi connectivity index (χ0n) is 15.9. The van der Waals surface area contributed by atoms with Crippen molar-refractivity contribution in [3.8, 4) is 5.75 Å². The topological polar surface area (TPSA) is 74.8 Å². The van der Waals surface area contributed by atoms with Crippen LogP contribution in [0.15, 0.2) is 55.3 Å². The van der Waals surface area contributed by atoms with Crippen molar-refractivity contribution >= 4 is 17.5 Å². The zero-order chi connectivity index (χ0) is 19.9. The predicted octanol–water partition coefficient (Wildman–Crippen LogP) is 1.97. The Kier molecular flexibility index (Phi) is 6.26. The molecule has 1 aliphatic heterocycles. The van der Waals surface area contributed by atoms with Crippen LogP contribution >= 0.6 is 0 Å². The number of aromatic nitrogens is 1.